The number of methoxy groups -OCH3 is 2. The van der Waals surface area contributed by atoms with E-state index in [-0.39, 0.29) is 124 Å². The number of benzodiazepines with no additional fused rings is 1. The van der Waals surface area contributed by atoms with Crippen LogP contribution in [0.2, 0.25) is 0 Å². The van der Waals surface area contributed by atoms with Gasteiger partial charge in [-0.1, -0.05) is 187 Å². The quantitative estimate of drug-likeness (QED) is 0.0522. The van der Waals surface area contributed by atoms with Crippen molar-refractivity contribution in [2.45, 2.75) is 218 Å². The number of anilines is 1. The molecule has 6 atom stereocenters. The topological polar surface area (TPSA) is 216 Å². The number of fused-ring (bicyclic) bond motifs is 1. The number of nitrogens with two attached hydrogens (primary N) is 2. The van der Waals surface area contributed by atoms with E-state index in [1.807, 2.05) is 194 Å². The first-order chi connectivity index (χ1) is 42.5. The minimum atomic E-state index is -1.13. The van der Waals surface area contributed by atoms with Crippen molar-refractivity contribution in [3.05, 3.63) is 162 Å². The summed E-state index contributed by atoms with van der Waals surface area (Å²) in [5.74, 6) is -3.89. The summed E-state index contributed by atoms with van der Waals surface area (Å²) in [4.78, 5) is 87.1. The molecule has 1 unspecified atom stereocenters. The van der Waals surface area contributed by atoms with Gasteiger partial charge in [0, 0.05) is 116 Å². The van der Waals surface area contributed by atoms with Crippen LogP contribution in [-0.4, -0.2) is 100 Å². The van der Waals surface area contributed by atoms with Gasteiger partial charge in [-0.2, -0.15) is 66.7 Å². The number of carbonyl (C=O) groups excluding carboxylic acids is 6. The van der Waals surface area contributed by atoms with Crippen LogP contribution in [0.3, 0.4) is 0 Å². The Bertz CT molecular complexity index is 2680. The fourth-order valence-corrected chi connectivity index (χ4v) is 9.63. The largest absolute Gasteiger partial charge is 0.388 e. The number of hydrogen-bond donors (Lipinski definition) is 4. The van der Waals surface area contributed by atoms with Crippen LogP contribution in [0.4, 0.5) is 5.69 Å². The number of allylic oxidation sites excluding steroid dienone is 4. The molecule has 97 heavy (non-hydrogen) atoms. The van der Waals surface area contributed by atoms with Crippen molar-refractivity contribution in [3.8, 4) is 0 Å². The predicted octanol–water partition coefficient (Wildman–Crippen LogP) is 17.6. The molecule has 0 bridgehead atoms. The fraction of sp³-hybridized carbons (Fsp3) is 0.568. The zero-order valence-corrected chi connectivity index (χ0v) is 61.8. The number of nitrogens with one attached hydrogen (secondary N) is 2. The number of rotatable bonds is 19. The number of ether oxygens (including phenoxy) is 2. The Hall–Kier alpha value is -6.13. The molecule has 2 heterocycles. The number of likely N-dealkylation sites (N-methyl/N-ethyl adjacent to an activating group) is 1. The van der Waals surface area contributed by atoms with Crippen molar-refractivity contribution in [3.63, 3.8) is 0 Å². The van der Waals surface area contributed by atoms with E-state index in [0.717, 1.165) is 42.4 Å². The van der Waals surface area contributed by atoms with Gasteiger partial charge in [-0.15, -0.1) is 5.56 Å². The summed E-state index contributed by atoms with van der Waals surface area (Å²) in [6.45, 7) is 29.9. The first-order valence-corrected chi connectivity index (χ1v) is 31.8. The number of aliphatic imine (C=N–C) groups is 1. The van der Waals surface area contributed by atoms with E-state index in [1.54, 1.807) is 35.5 Å². The Kier molecular flexibility index (Phi) is 66.0. The fourth-order valence-electron chi connectivity index (χ4n) is 9.63. The normalized spacial score (nSPS) is 14.8. The van der Waals surface area contributed by atoms with Crippen LogP contribution >= 0.6 is 0 Å². The Labute approximate surface area is 619 Å². The molecule has 6 amide bonds. The van der Waals surface area contributed by atoms with Crippen LogP contribution < -0.4 is 27.0 Å². The molecule has 0 saturated carbocycles. The van der Waals surface area contributed by atoms with Gasteiger partial charge >= 0.3 is 0 Å². The molecule has 2 aliphatic rings. The summed E-state index contributed by atoms with van der Waals surface area (Å²) in [6.07, 6.45) is 12.9. The van der Waals surface area contributed by atoms with Crippen molar-refractivity contribution in [1.29, 1.82) is 0 Å². The second kappa shape index (κ2) is 59.9. The Balaban J connectivity index is -0.000000201. The Morgan fingerprint density at radius 2 is 1.02 bits per heavy atom. The average molecular weight is 1430 g/mol. The van der Waals surface area contributed by atoms with Gasteiger partial charge in [0.25, 0.3) is 5.91 Å². The standard InChI is InChI=1S/C30H40N4O3.C27H42N3O3.C6H5.2C4H8.2C2H6O.6CH4.Y/c1-19(2)18-23(21(26(31)35)16-17-30(3,4)5)28(36)33-27-29(37)34(6)24-15-11-10-14-22(24)25(32-27)20-12-8-7-9-13-20;1-19(2)17-22(21(24(28)31)14-15-27(3,4)5)25(32)29-23-13-9-10-16-30(26(23)33)18-20-11-7-6-8-12-20;1-2-4-6-5-3-1;2*1-3-4-2;2*1-3-2;;;;;;;/h7-15,19,21,23,27H,16-18H2,1-6H3,(H2,31,35)(H,33,36);6-7,11-12,19,21-23H,9-10,13-18H2,1-5H3,(H2,28,31)(H,29,32);1-5H;2*3-4H,1-2H3;2*1-2H3;6*1H4;/q;2*-1;;;;;;;;;;;/t21-,23+,27?;21-,22+,23-;;;;;;;;;;;;/m00............/s1. The van der Waals surface area contributed by atoms with Crippen LogP contribution in [0, 0.1) is 58.5 Å². The molecular weight excluding hydrogens is 1290 g/mol. The second-order valence-corrected chi connectivity index (χ2v) is 25.8. The molecule has 15 nitrogen and oxygen atoms in total. The van der Waals surface area contributed by atoms with Crippen LogP contribution in [0.25, 0.3) is 0 Å². The molecule has 16 heteroatoms. The summed E-state index contributed by atoms with van der Waals surface area (Å²) < 4.78 is 8.50. The third-order valence-electron chi connectivity index (χ3n) is 14.4. The number of amides is 6. The summed E-state index contributed by atoms with van der Waals surface area (Å²) in [7, 11) is 8.19. The molecule has 1 fully saturated rings. The summed E-state index contributed by atoms with van der Waals surface area (Å²) in [5.41, 5.74) is 15.6. The third kappa shape index (κ3) is 45.2. The zero-order chi connectivity index (χ0) is 68.4. The predicted molar refractivity (Wildman–Crippen MR) is 411 cm³/mol. The van der Waals surface area contributed by atoms with Crippen molar-refractivity contribution in [2.75, 3.05) is 46.9 Å². The van der Waals surface area contributed by atoms with E-state index in [1.165, 1.54) is 4.90 Å². The first-order valence-electron chi connectivity index (χ1n) is 31.8. The monoisotopic (exact) mass is 1430 g/mol. The molecule has 2 aliphatic heterocycles. The summed E-state index contributed by atoms with van der Waals surface area (Å²) in [6, 6.07) is 39.8. The van der Waals surface area contributed by atoms with E-state index in [4.69, 9.17) is 16.5 Å². The Morgan fingerprint density at radius 1 is 0.598 bits per heavy atom. The van der Waals surface area contributed by atoms with Gasteiger partial charge in [-0.25, -0.2) is 4.99 Å². The number of likely N-dealkylation sites (tertiary alicyclic amines) is 1. The van der Waals surface area contributed by atoms with Crippen LogP contribution in [-0.2, 0) is 77.5 Å². The van der Waals surface area contributed by atoms with Crippen molar-refractivity contribution < 1.29 is 71.0 Å². The molecule has 0 spiro atoms. The SMILES string of the molecule is C.C.C.C.C.C.CC(C)C[C@@H](C(=O)NC1N=C(c2ccccc2)c2ccccc2N(C)C1=O)[C@H](CCC(C)(C)C)C(N)=O.CC(C)C[C@@H](C(=O)N[C@H]1CCCCN(Cc2c[c-]ccc2)C1=O)[C@H](CCC(C)(C)C)C(N)=O.CC=CC.CC=CC.COC.COC.[Y].[c-]1ccccc1. The van der Waals surface area contributed by atoms with Crippen molar-refractivity contribution in [1.82, 2.24) is 15.5 Å². The first kappa shape index (κ1) is 107. The average Bonchev–Trinajstić information content (AvgIpc) is 1.69. The third-order valence-corrected chi connectivity index (χ3v) is 14.4. The summed E-state index contributed by atoms with van der Waals surface area (Å²) >= 11 is 0. The smallest absolute Gasteiger partial charge is 0.272 e. The van der Waals surface area contributed by atoms with Gasteiger partial charge in [-0.05, 0) is 114 Å². The molecule has 551 valence electrons. The van der Waals surface area contributed by atoms with E-state index < -0.39 is 47.7 Å². The maximum Gasteiger partial charge on any atom is 0.272 e. The molecule has 6 N–H and O–H groups in total. The molecule has 0 aromatic heterocycles. The Morgan fingerprint density at radius 3 is 1.40 bits per heavy atom. The number of benzene rings is 4. The van der Waals surface area contributed by atoms with Crippen LogP contribution in [0.1, 0.15) is 216 Å². The van der Waals surface area contributed by atoms with Gasteiger partial charge < -0.3 is 41.4 Å². The minimum absolute atomic E-state index is 0. The maximum atomic E-state index is 13.7. The van der Waals surface area contributed by atoms with Gasteiger partial charge in [0.15, 0.2) is 0 Å². The zero-order valence-electron chi connectivity index (χ0n) is 58.9. The maximum absolute atomic E-state index is 13.7. The molecule has 4 aromatic carbocycles. The van der Waals surface area contributed by atoms with Gasteiger partial charge in [0.2, 0.25) is 35.7 Å². The molecule has 1 saturated heterocycles. The van der Waals surface area contributed by atoms with Gasteiger partial charge in [0.05, 0.1) is 11.4 Å². The van der Waals surface area contributed by atoms with Gasteiger partial charge in [-0.3, -0.25) is 28.8 Å². The van der Waals surface area contributed by atoms with E-state index >= 15 is 0 Å². The number of carbonyl (C=O) groups is 6. The molecule has 4 aromatic rings. The minimum Gasteiger partial charge on any atom is -0.388 e. The van der Waals surface area contributed by atoms with Crippen molar-refractivity contribution in [2.24, 2.45) is 62.8 Å². The van der Waals surface area contributed by atoms with Crippen molar-refractivity contribution >= 4 is 46.8 Å². The van der Waals surface area contributed by atoms with Gasteiger partial charge in [0.1, 0.15) is 6.04 Å². The van der Waals surface area contributed by atoms with Crippen LogP contribution in [0.15, 0.2) is 138 Å². The second-order valence-electron chi connectivity index (χ2n) is 25.8. The van der Waals surface area contributed by atoms with Crippen LogP contribution in [0.5, 0.6) is 0 Å². The number of primary amides is 2. The number of hydrogen-bond acceptors (Lipinski definition) is 9. The summed E-state index contributed by atoms with van der Waals surface area (Å²) in [5, 5.41) is 5.90. The number of nitrogens with zero attached hydrogens (tertiary/aromatic N) is 3. The number of para-hydroxylation sites is 1. The molecule has 1 radical (unpaired) electrons. The van der Waals surface area contributed by atoms with E-state index in [0.29, 0.717) is 56.6 Å². The van der Waals surface area contributed by atoms with E-state index in [9.17, 15) is 28.8 Å². The molecule has 0 aliphatic carbocycles. The molecule has 6 rings (SSSR count). The van der Waals surface area contributed by atoms with E-state index in [2.05, 4.69) is 73.8 Å². The molecular formula is C81H139N7O8Y-2.